The number of amides is 4. The van der Waals surface area contributed by atoms with E-state index in [1.54, 1.807) is 16.8 Å². The Morgan fingerprint density at radius 2 is 1.93 bits per heavy atom. The molecule has 148 valence electrons. The van der Waals surface area contributed by atoms with E-state index in [2.05, 4.69) is 10.6 Å². The monoisotopic (exact) mass is 374 g/mol. The fourth-order valence-electron chi connectivity index (χ4n) is 3.06. The number of para-hydroxylation sites is 1. The predicted octanol–water partition coefficient (Wildman–Crippen LogP) is 2.16. The number of carbonyl (C=O) groups is 3. The van der Waals surface area contributed by atoms with Gasteiger partial charge in [-0.3, -0.25) is 9.59 Å². The minimum absolute atomic E-state index is 0.0164. The molecule has 0 bridgehead atoms. The topological polar surface area (TPSA) is 81.8 Å². The van der Waals surface area contributed by atoms with Crippen molar-refractivity contribution < 1.29 is 14.4 Å². The van der Waals surface area contributed by atoms with Crippen LogP contribution in [0.3, 0.4) is 0 Å². The molecule has 2 N–H and O–H groups in total. The van der Waals surface area contributed by atoms with E-state index in [0.717, 1.165) is 18.5 Å². The molecule has 0 spiro atoms. The Bertz CT molecular complexity index is 648. The highest BCUT2D eigenvalue weighted by Gasteiger charge is 2.30. The Morgan fingerprint density at radius 1 is 1.22 bits per heavy atom. The molecule has 1 aromatic carbocycles. The van der Waals surface area contributed by atoms with Crippen LogP contribution in [0.5, 0.6) is 0 Å². The van der Waals surface area contributed by atoms with E-state index < -0.39 is 0 Å². The van der Waals surface area contributed by atoms with E-state index >= 15 is 0 Å². The van der Waals surface area contributed by atoms with E-state index in [-0.39, 0.29) is 29.7 Å². The summed E-state index contributed by atoms with van der Waals surface area (Å²) < 4.78 is 0. The van der Waals surface area contributed by atoms with Crippen molar-refractivity contribution in [2.24, 2.45) is 11.8 Å². The van der Waals surface area contributed by atoms with Crippen molar-refractivity contribution in [2.75, 3.05) is 38.5 Å². The Hall–Kier alpha value is -2.57. The molecule has 27 heavy (non-hydrogen) atoms. The number of rotatable bonds is 6. The second-order valence-corrected chi connectivity index (χ2v) is 7.29. The number of likely N-dealkylation sites (tertiary alicyclic amines) is 1. The second-order valence-electron chi connectivity index (χ2n) is 7.29. The van der Waals surface area contributed by atoms with Crippen LogP contribution in [0.15, 0.2) is 30.3 Å². The number of nitrogens with zero attached hydrogens (tertiary/aromatic N) is 2. The van der Waals surface area contributed by atoms with Crippen LogP contribution >= 0.6 is 0 Å². The minimum Gasteiger partial charge on any atom is -0.354 e. The summed E-state index contributed by atoms with van der Waals surface area (Å²) >= 11 is 0. The third-order valence-electron chi connectivity index (χ3n) is 4.73. The van der Waals surface area contributed by atoms with E-state index in [4.69, 9.17) is 0 Å². The summed E-state index contributed by atoms with van der Waals surface area (Å²) in [6.07, 6.45) is 1.58. The average molecular weight is 374 g/mol. The molecule has 0 saturated carbocycles. The smallest absolute Gasteiger partial charge is 0.321 e. The fraction of sp³-hybridized carbons (Fsp3) is 0.550. The van der Waals surface area contributed by atoms with Gasteiger partial charge in [0.25, 0.3) is 0 Å². The summed E-state index contributed by atoms with van der Waals surface area (Å²) in [5, 5.41) is 5.69. The number of piperidine rings is 1. The van der Waals surface area contributed by atoms with Gasteiger partial charge in [-0.25, -0.2) is 4.79 Å². The molecule has 7 nitrogen and oxygen atoms in total. The second kappa shape index (κ2) is 9.94. The van der Waals surface area contributed by atoms with E-state index in [0.29, 0.717) is 26.2 Å². The number of benzene rings is 1. The molecule has 7 heteroatoms. The van der Waals surface area contributed by atoms with Crippen LogP contribution in [0.2, 0.25) is 0 Å². The van der Waals surface area contributed by atoms with Crippen LogP contribution in [0.1, 0.15) is 26.7 Å². The highest BCUT2D eigenvalue weighted by Crippen LogP contribution is 2.19. The summed E-state index contributed by atoms with van der Waals surface area (Å²) in [4.78, 5) is 40.1. The Balaban J connectivity index is 1.82. The number of urea groups is 1. The lowest BCUT2D eigenvalue weighted by atomic mass is 9.97. The molecule has 0 aromatic heterocycles. The lowest BCUT2D eigenvalue weighted by molar-refractivity contribution is -0.136. The lowest BCUT2D eigenvalue weighted by Crippen LogP contribution is -2.48. The molecule has 2 rings (SSSR count). The lowest BCUT2D eigenvalue weighted by Gasteiger charge is -2.34. The van der Waals surface area contributed by atoms with Gasteiger partial charge < -0.3 is 20.4 Å². The molecular weight excluding hydrogens is 344 g/mol. The third-order valence-corrected chi connectivity index (χ3v) is 4.73. The van der Waals surface area contributed by atoms with Crippen LogP contribution in [0, 0.1) is 11.8 Å². The van der Waals surface area contributed by atoms with E-state index in [9.17, 15) is 14.4 Å². The van der Waals surface area contributed by atoms with Gasteiger partial charge in [-0.05, 0) is 25.0 Å². The third kappa shape index (κ3) is 6.27. The largest absolute Gasteiger partial charge is 0.354 e. The number of anilines is 1. The van der Waals surface area contributed by atoms with Gasteiger partial charge in [-0.15, -0.1) is 0 Å². The number of hydrogen-bond donors (Lipinski definition) is 2. The zero-order chi connectivity index (χ0) is 19.8. The summed E-state index contributed by atoms with van der Waals surface area (Å²) in [6.45, 7) is 5.63. The quantitative estimate of drug-likeness (QED) is 0.801. The summed E-state index contributed by atoms with van der Waals surface area (Å²) in [6, 6.07) is 9.12. The van der Waals surface area contributed by atoms with Gasteiger partial charge in [0.15, 0.2) is 0 Å². The molecule has 0 unspecified atom stereocenters. The van der Waals surface area contributed by atoms with Crippen LogP contribution in [0.4, 0.5) is 10.5 Å². The zero-order valence-corrected chi connectivity index (χ0v) is 16.4. The highest BCUT2D eigenvalue weighted by atomic mass is 16.2. The van der Waals surface area contributed by atoms with E-state index in [1.165, 1.54) is 0 Å². The first-order valence-electron chi connectivity index (χ1n) is 9.52. The molecule has 1 saturated heterocycles. The standard InChI is InChI=1S/C20H30N4O3/c1-15(2)18(25)21-11-13-23(3)19(26)16-8-7-12-24(14-16)20(27)22-17-9-5-4-6-10-17/h4-6,9-10,15-16H,7-8,11-14H2,1-3H3,(H,21,25)(H,22,27)/t16-/m1/s1. The number of hydrogen-bond acceptors (Lipinski definition) is 3. The van der Waals surface area contributed by atoms with Crippen molar-refractivity contribution in [3.05, 3.63) is 30.3 Å². The van der Waals surface area contributed by atoms with Crippen LogP contribution in [-0.4, -0.2) is 60.9 Å². The summed E-state index contributed by atoms with van der Waals surface area (Å²) in [7, 11) is 1.74. The van der Waals surface area contributed by atoms with Crippen molar-refractivity contribution in [1.82, 2.24) is 15.1 Å². The van der Waals surface area contributed by atoms with Gasteiger partial charge in [0.05, 0.1) is 5.92 Å². The normalized spacial score (nSPS) is 16.7. The molecule has 0 aliphatic carbocycles. The Labute approximate surface area is 161 Å². The zero-order valence-electron chi connectivity index (χ0n) is 16.4. The van der Waals surface area contributed by atoms with Crippen LogP contribution in [0.25, 0.3) is 0 Å². The van der Waals surface area contributed by atoms with Crippen molar-refractivity contribution in [1.29, 1.82) is 0 Å². The molecule has 1 atom stereocenters. The highest BCUT2D eigenvalue weighted by molar-refractivity contribution is 5.90. The van der Waals surface area contributed by atoms with Gasteiger partial charge >= 0.3 is 6.03 Å². The van der Waals surface area contributed by atoms with Crippen LogP contribution in [-0.2, 0) is 9.59 Å². The maximum absolute atomic E-state index is 12.7. The molecule has 0 radical (unpaired) electrons. The van der Waals surface area contributed by atoms with Gasteiger partial charge in [0.2, 0.25) is 11.8 Å². The first-order valence-corrected chi connectivity index (χ1v) is 9.52. The Morgan fingerprint density at radius 3 is 2.59 bits per heavy atom. The van der Waals surface area contributed by atoms with Gasteiger partial charge in [-0.2, -0.15) is 0 Å². The number of carbonyl (C=O) groups excluding carboxylic acids is 3. The maximum atomic E-state index is 12.7. The van der Waals surface area contributed by atoms with Gasteiger partial charge in [0.1, 0.15) is 0 Å². The molecule has 1 aromatic rings. The fourth-order valence-corrected chi connectivity index (χ4v) is 3.06. The first-order chi connectivity index (χ1) is 12.9. The van der Waals surface area contributed by atoms with Crippen molar-refractivity contribution in [2.45, 2.75) is 26.7 Å². The van der Waals surface area contributed by atoms with Crippen molar-refractivity contribution in [3.8, 4) is 0 Å². The molecule has 4 amide bonds. The summed E-state index contributed by atoms with van der Waals surface area (Å²) in [5.41, 5.74) is 0.744. The number of likely N-dealkylation sites (N-methyl/N-ethyl adjacent to an activating group) is 1. The molecule has 1 aliphatic heterocycles. The SMILES string of the molecule is CC(C)C(=O)NCCN(C)C(=O)[C@@H]1CCCN(C(=O)Nc2ccccc2)C1. The Kier molecular flexibility index (Phi) is 7.64. The molecule has 1 aliphatic rings. The average Bonchev–Trinajstić information content (AvgIpc) is 2.68. The number of nitrogens with one attached hydrogen (secondary N) is 2. The maximum Gasteiger partial charge on any atom is 0.321 e. The summed E-state index contributed by atoms with van der Waals surface area (Å²) in [5.74, 6) is -0.268. The van der Waals surface area contributed by atoms with Gasteiger partial charge in [0, 0.05) is 44.8 Å². The predicted molar refractivity (Wildman–Crippen MR) is 105 cm³/mol. The minimum atomic E-state index is -0.203. The molecule has 1 heterocycles. The molecular formula is C20H30N4O3. The van der Waals surface area contributed by atoms with Crippen molar-refractivity contribution >= 4 is 23.5 Å². The first kappa shape index (κ1) is 20.7. The van der Waals surface area contributed by atoms with Crippen molar-refractivity contribution in [3.63, 3.8) is 0 Å². The van der Waals surface area contributed by atoms with E-state index in [1.807, 2.05) is 44.2 Å². The van der Waals surface area contributed by atoms with Gasteiger partial charge in [-0.1, -0.05) is 32.0 Å². The molecule has 1 fully saturated rings. The van der Waals surface area contributed by atoms with Crippen LogP contribution < -0.4 is 10.6 Å².